The van der Waals surface area contributed by atoms with Crippen LogP contribution in [0.5, 0.6) is 0 Å². The summed E-state index contributed by atoms with van der Waals surface area (Å²) in [7, 11) is 1.54. The lowest BCUT2D eigenvalue weighted by molar-refractivity contribution is 0.0959. The second-order valence-electron chi connectivity index (χ2n) is 7.96. The molecule has 6 nitrogen and oxygen atoms in total. The molecular formula is C26H24ClN3O3. The quantitative estimate of drug-likeness (QED) is 0.375. The molecule has 2 heterocycles. The minimum atomic E-state index is -0.352. The van der Waals surface area contributed by atoms with E-state index in [4.69, 9.17) is 16.0 Å². The van der Waals surface area contributed by atoms with E-state index in [1.54, 1.807) is 19.1 Å². The van der Waals surface area contributed by atoms with Crippen LogP contribution in [0.15, 0.2) is 63.8 Å². The van der Waals surface area contributed by atoms with Gasteiger partial charge >= 0.3 is 0 Å². The Labute approximate surface area is 196 Å². The first-order valence-corrected chi connectivity index (χ1v) is 11.0. The normalized spacial score (nSPS) is 11.9. The molecule has 0 saturated heterocycles. The predicted molar refractivity (Wildman–Crippen MR) is 132 cm³/mol. The Kier molecular flexibility index (Phi) is 6.20. The van der Waals surface area contributed by atoms with Gasteiger partial charge in [-0.3, -0.25) is 9.59 Å². The van der Waals surface area contributed by atoms with Crippen LogP contribution < -0.4 is 16.1 Å². The highest BCUT2D eigenvalue weighted by atomic mass is 35.5. The SMILES string of the molecule is CNC(=O)c1nc(Cl)ccc1NC(C)c1cc(C)cc2c(=O)c(C)c(-c3ccccc3)oc12. The molecule has 1 amide bonds. The maximum Gasteiger partial charge on any atom is 0.271 e. The summed E-state index contributed by atoms with van der Waals surface area (Å²) in [5.41, 5.74) is 4.31. The number of halogens is 1. The molecule has 0 aliphatic carbocycles. The predicted octanol–water partition coefficient (Wildman–Crippen LogP) is 5.66. The third kappa shape index (κ3) is 4.34. The molecule has 2 aromatic carbocycles. The van der Waals surface area contributed by atoms with Crippen molar-refractivity contribution in [2.45, 2.75) is 26.8 Å². The molecule has 0 fully saturated rings. The van der Waals surface area contributed by atoms with E-state index in [9.17, 15) is 9.59 Å². The lowest BCUT2D eigenvalue weighted by Gasteiger charge is -2.20. The first kappa shape index (κ1) is 22.6. The average Bonchev–Trinajstić information content (AvgIpc) is 2.82. The Morgan fingerprint density at radius 1 is 1.09 bits per heavy atom. The molecule has 2 N–H and O–H groups in total. The molecule has 1 unspecified atom stereocenters. The average molecular weight is 462 g/mol. The number of rotatable bonds is 5. The molecule has 0 radical (unpaired) electrons. The number of aromatic nitrogens is 1. The van der Waals surface area contributed by atoms with E-state index in [-0.39, 0.29) is 28.2 Å². The van der Waals surface area contributed by atoms with Gasteiger partial charge in [-0.2, -0.15) is 0 Å². The molecule has 0 aliphatic rings. The number of nitrogens with zero attached hydrogens (tertiary/aromatic N) is 1. The summed E-state index contributed by atoms with van der Waals surface area (Å²) < 4.78 is 6.37. The number of benzene rings is 2. The number of pyridine rings is 1. The Morgan fingerprint density at radius 2 is 1.82 bits per heavy atom. The second kappa shape index (κ2) is 9.08. The molecule has 7 heteroatoms. The van der Waals surface area contributed by atoms with Crippen molar-refractivity contribution in [3.05, 3.63) is 92.4 Å². The van der Waals surface area contributed by atoms with E-state index in [0.29, 0.717) is 28.0 Å². The van der Waals surface area contributed by atoms with Gasteiger partial charge in [0, 0.05) is 23.7 Å². The lowest BCUT2D eigenvalue weighted by atomic mass is 9.98. The summed E-state index contributed by atoms with van der Waals surface area (Å²) in [6, 6.07) is 16.4. The van der Waals surface area contributed by atoms with Gasteiger partial charge in [0.15, 0.2) is 11.1 Å². The number of carbonyl (C=O) groups is 1. The van der Waals surface area contributed by atoms with Crippen LogP contribution in [0, 0.1) is 13.8 Å². The van der Waals surface area contributed by atoms with Crippen LogP contribution in [-0.4, -0.2) is 17.9 Å². The van der Waals surface area contributed by atoms with Gasteiger partial charge in [-0.15, -0.1) is 0 Å². The molecule has 0 saturated carbocycles. The van der Waals surface area contributed by atoms with Crippen molar-refractivity contribution in [2.75, 3.05) is 12.4 Å². The molecule has 0 bridgehead atoms. The molecule has 33 heavy (non-hydrogen) atoms. The van der Waals surface area contributed by atoms with Crippen LogP contribution in [0.1, 0.15) is 40.1 Å². The summed E-state index contributed by atoms with van der Waals surface area (Å²) in [6.45, 7) is 5.67. The lowest BCUT2D eigenvalue weighted by Crippen LogP contribution is -2.22. The maximum atomic E-state index is 13.3. The monoisotopic (exact) mass is 461 g/mol. The number of hydrogen-bond acceptors (Lipinski definition) is 5. The van der Waals surface area contributed by atoms with Gasteiger partial charge in [0.25, 0.3) is 5.91 Å². The number of carbonyl (C=O) groups excluding carboxylic acids is 1. The van der Waals surface area contributed by atoms with Crippen molar-refractivity contribution in [1.82, 2.24) is 10.3 Å². The second-order valence-corrected chi connectivity index (χ2v) is 8.34. The number of anilines is 1. The highest BCUT2D eigenvalue weighted by Gasteiger charge is 2.21. The van der Waals surface area contributed by atoms with Crippen molar-refractivity contribution in [3.8, 4) is 11.3 Å². The van der Waals surface area contributed by atoms with Crippen LogP contribution in [-0.2, 0) is 0 Å². The van der Waals surface area contributed by atoms with Crippen LogP contribution in [0.4, 0.5) is 5.69 Å². The molecule has 1 atom stereocenters. The van der Waals surface area contributed by atoms with Crippen molar-refractivity contribution in [3.63, 3.8) is 0 Å². The molecule has 0 aliphatic heterocycles. The van der Waals surface area contributed by atoms with Crippen molar-refractivity contribution in [1.29, 1.82) is 0 Å². The molecule has 0 spiro atoms. The van der Waals surface area contributed by atoms with Crippen LogP contribution in [0.2, 0.25) is 5.15 Å². The molecule has 4 rings (SSSR count). The fourth-order valence-corrected chi connectivity index (χ4v) is 4.06. The van der Waals surface area contributed by atoms with Crippen molar-refractivity contribution < 1.29 is 9.21 Å². The van der Waals surface area contributed by atoms with Crippen LogP contribution in [0.25, 0.3) is 22.3 Å². The van der Waals surface area contributed by atoms with E-state index < -0.39 is 0 Å². The zero-order chi connectivity index (χ0) is 23.7. The third-order valence-corrected chi connectivity index (χ3v) is 5.78. The number of fused-ring (bicyclic) bond motifs is 1. The van der Waals surface area contributed by atoms with Gasteiger partial charge in [0.05, 0.1) is 17.1 Å². The van der Waals surface area contributed by atoms with E-state index in [0.717, 1.165) is 16.7 Å². The highest BCUT2D eigenvalue weighted by molar-refractivity contribution is 6.29. The number of nitrogens with one attached hydrogen (secondary N) is 2. The Hall–Kier alpha value is -3.64. The smallest absolute Gasteiger partial charge is 0.271 e. The summed E-state index contributed by atoms with van der Waals surface area (Å²) in [6.07, 6.45) is 0. The van der Waals surface area contributed by atoms with Gasteiger partial charge in [-0.1, -0.05) is 48.0 Å². The van der Waals surface area contributed by atoms with Gasteiger partial charge in [-0.25, -0.2) is 4.98 Å². The first-order valence-electron chi connectivity index (χ1n) is 10.6. The van der Waals surface area contributed by atoms with Gasteiger partial charge in [0.1, 0.15) is 16.5 Å². The Bertz CT molecular complexity index is 1410. The van der Waals surface area contributed by atoms with Gasteiger partial charge in [-0.05, 0) is 44.5 Å². The standard InChI is InChI=1S/C26H24ClN3O3/c1-14-12-18(16(3)29-20-10-11-21(27)30-22(20)26(32)28-4)25-19(13-14)23(31)15(2)24(33-25)17-8-6-5-7-9-17/h5-13,16,29H,1-4H3,(H,28,32). The number of hydrogen-bond donors (Lipinski definition) is 2. The molecular weight excluding hydrogens is 438 g/mol. The largest absolute Gasteiger partial charge is 0.455 e. The van der Waals surface area contributed by atoms with E-state index in [2.05, 4.69) is 15.6 Å². The molecule has 2 aromatic heterocycles. The van der Waals surface area contributed by atoms with Gasteiger partial charge < -0.3 is 15.1 Å². The zero-order valence-corrected chi connectivity index (χ0v) is 19.6. The Morgan fingerprint density at radius 3 is 2.52 bits per heavy atom. The summed E-state index contributed by atoms with van der Waals surface area (Å²) >= 11 is 6.01. The van der Waals surface area contributed by atoms with Crippen LogP contribution >= 0.6 is 11.6 Å². The van der Waals surface area contributed by atoms with E-state index >= 15 is 0 Å². The zero-order valence-electron chi connectivity index (χ0n) is 18.8. The topological polar surface area (TPSA) is 84.2 Å². The highest BCUT2D eigenvalue weighted by Crippen LogP contribution is 2.32. The summed E-state index contributed by atoms with van der Waals surface area (Å²) in [5, 5.41) is 6.67. The first-order chi connectivity index (χ1) is 15.8. The molecule has 4 aromatic rings. The number of aryl methyl sites for hydroxylation is 1. The van der Waals surface area contributed by atoms with Crippen LogP contribution in [0.3, 0.4) is 0 Å². The minimum absolute atomic E-state index is 0.0635. The fraction of sp³-hybridized carbons (Fsp3) is 0.192. The fourth-order valence-electron chi connectivity index (χ4n) is 3.91. The van der Waals surface area contributed by atoms with Crippen molar-refractivity contribution in [2.24, 2.45) is 0 Å². The summed E-state index contributed by atoms with van der Waals surface area (Å²) in [4.78, 5) is 29.8. The van der Waals surface area contributed by atoms with Crippen molar-refractivity contribution >= 4 is 34.2 Å². The third-order valence-electron chi connectivity index (χ3n) is 5.57. The van der Waals surface area contributed by atoms with Gasteiger partial charge in [0.2, 0.25) is 0 Å². The summed E-state index contributed by atoms with van der Waals surface area (Å²) in [5.74, 6) is 0.194. The van der Waals surface area contributed by atoms with E-state index in [1.165, 1.54) is 7.05 Å². The number of amides is 1. The Balaban J connectivity index is 1.87. The molecule has 168 valence electrons. The van der Waals surface area contributed by atoms with E-state index in [1.807, 2.05) is 56.3 Å². The maximum absolute atomic E-state index is 13.3. The minimum Gasteiger partial charge on any atom is -0.455 e.